The molecule has 0 atom stereocenters. The number of nitrogens with one attached hydrogen (secondary N) is 3. The summed E-state index contributed by atoms with van der Waals surface area (Å²) < 4.78 is 0. The van der Waals surface area contributed by atoms with Crippen molar-refractivity contribution in [1.82, 2.24) is 25.3 Å². The Kier molecular flexibility index (Phi) is 3.70. The van der Waals surface area contributed by atoms with E-state index in [9.17, 15) is 0 Å². The SMILES string of the molecule is c1cc2ccc(CNc3cnc4ccc(N5CCC6(CNC6)C5)nc4n3)cc2[nH]1. The smallest absolute Gasteiger partial charge is 0.182 e. The fourth-order valence-electron chi connectivity index (χ4n) is 4.44. The van der Waals surface area contributed by atoms with Gasteiger partial charge >= 0.3 is 0 Å². The summed E-state index contributed by atoms with van der Waals surface area (Å²) in [5, 5.41) is 8.01. The van der Waals surface area contributed by atoms with Gasteiger partial charge in [-0.3, -0.25) is 0 Å². The number of benzene rings is 1. The molecule has 1 spiro atoms. The zero-order chi connectivity index (χ0) is 19.3. The second-order valence-electron chi connectivity index (χ2n) is 8.30. The van der Waals surface area contributed by atoms with Crippen LogP contribution >= 0.6 is 0 Å². The number of aromatic amines is 1. The molecule has 2 saturated heterocycles. The van der Waals surface area contributed by atoms with Crippen molar-refractivity contribution in [2.75, 3.05) is 36.4 Å². The van der Waals surface area contributed by atoms with E-state index in [1.165, 1.54) is 17.4 Å². The van der Waals surface area contributed by atoms with E-state index in [1.807, 2.05) is 12.3 Å². The molecule has 6 rings (SSSR count). The molecule has 0 unspecified atom stereocenters. The number of hydrogen-bond donors (Lipinski definition) is 3. The molecule has 3 N–H and O–H groups in total. The van der Waals surface area contributed by atoms with Gasteiger partial charge in [-0.05, 0) is 41.6 Å². The Bertz CT molecular complexity index is 1190. The number of H-pyrrole nitrogens is 1. The number of rotatable bonds is 4. The summed E-state index contributed by atoms with van der Waals surface area (Å²) in [6.07, 6.45) is 4.98. The Labute approximate surface area is 168 Å². The Hall–Kier alpha value is -3.19. The van der Waals surface area contributed by atoms with Crippen molar-refractivity contribution in [3.63, 3.8) is 0 Å². The van der Waals surface area contributed by atoms with Crippen molar-refractivity contribution in [2.45, 2.75) is 13.0 Å². The zero-order valence-corrected chi connectivity index (χ0v) is 16.2. The van der Waals surface area contributed by atoms with Gasteiger partial charge < -0.3 is 20.5 Å². The second-order valence-corrected chi connectivity index (χ2v) is 8.30. The van der Waals surface area contributed by atoms with E-state index in [0.29, 0.717) is 17.6 Å². The average molecular weight is 385 g/mol. The molecule has 2 aliphatic rings. The zero-order valence-electron chi connectivity index (χ0n) is 16.2. The summed E-state index contributed by atoms with van der Waals surface area (Å²) in [5.74, 6) is 1.75. The lowest BCUT2D eigenvalue weighted by atomic mass is 9.81. The molecule has 0 radical (unpaired) electrons. The van der Waals surface area contributed by atoms with Crippen LogP contribution in [0.3, 0.4) is 0 Å². The highest BCUT2D eigenvalue weighted by atomic mass is 15.2. The molecule has 146 valence electrons. The van der Waals surface area contributed by atoms with Crippen LogP contribution in [0.4, 0.5) is 11.6 Å². The molecule has 7 heteroatoms. The van der Waals surface area contributed by atoms with E-state index in [0.717, 1.165) is 48.8 Å². The van der Waals surface area contributed by atoms with E-state index in [1.54, 1.807) is 6.20 Å². The van der Waals surface area contributed by atoms with Crippen molar-refractivity contribution in [3.8, 4) is 0 Å². The van der Waals surface area contributed by atoms with Crippen LogP contribution in [-0.2, 0) is 6.54 Å². The Morgan fingerprint density at radius 3 is 2.93 bits per heavy atom. The maximum absolute atomic E-state index is 4.82. The summed E-state index contributed by atoms with van der Waals surface area (Å²) in [6, 6.07) is 12.6. The van der Waals surface area contributed by atoms with Crippen LogP contribution in [-0.4, -0.2) is 46.1 Å². The minimum atomic E-state index is 0.450. The highest BCUT2D eigenvalue weighted by Gasteiger charge is 2.43. The van der Waals surface area contributed by atoms with Crippen molar-refractivity contribution >= 4 is 33.7 Å². The number of nitrogens with zero attached hydrogens (tertiary/aromatic N) is 4. The van der Waals surface area contributed by atoms with E-state index < -0.39 is 0 Å². The second kappa shape index (κ2) is 6.42. The van der Waals surface area contributed by atoms with Crippen LogP contribution in [0.2, 0.25) is 0 Å². The first kappa shape index (κ1) is 16.7. The van der Waals surface area contributed by atoms with E-state index >= 15 is 0 Å². The minimum absolute atomic E-state index is 0.450. The van der Waals surface area contributed by atoms with Crippen LogP contribution in [0.25, 0.3) is 22.1 Å². The molecule has 1 aromatic carbocycles. The van der Waals surface area contributed by atoms with Gasteiger partial charge in [0.05, 0.1) is 6.20 Å². The highest BCUT2D eigenvalue weighted by Crippen LogP contribution is 2.36. The normalized spacial score (nSPS) is 17.9. The summed E-state index contributed by atoms with van der Waals surface area (Å²) in [7, 11) is 0. The third-order valence-electron chi connectivity index (χ3n) is 6.25. The van der Waals surface area contributed by atoms with Gasteiger partial charge in [-0.25, -0.2) is 15.0 Å². The van der Waals surface area contributed by atoms with Crippen LogP contribution in [0.1, 0.15) is 12.0 Å². The van der Waals surface area contributed by atoms with Gasteiger partial charge in [-0.15, -0.1) is 0 Å². The molecule has 0 bridgehead atoms. The molecule has 2 aliphatic heterocycles. The van der Waals surface area contributed by atoms with Gasteiger partial charge in [-0.2, -0.15) is 0 Å². The average Bonchev–Trinajstić information content (AvgIpc) is 3.38. The molecular formula is C22H23N7. The molecule has 0 saturated carbocycles. The monoisotopic (exact) mass is 385 g/mol. The quantitative estimate of drug-likeness (QED) is 0.501. The number of pyridine rings is 1. The summed E-state index contributed by atoms with van der Waals surface area (Å²) in [6.45, 7) is 5.08. The number of fused-ring (bicyclic) bond motifs is 2. The maximum Gasteiger partial charge on any atom is 0.182 e. The maximum atomic E-state index is 4.82. The summed E-state index contributed by atoms with van der Waals surface area (Å²) in [4.78, 5) is 19.7. The molecule has 3 aromatic heterocycles. The summed E-state index contributed by atoms with van der Waals surface area (Å²) >= 11 is 0. The lowest BCUT2D eigenvalue weighted by Crippen LogP contribution is -2.54. The largest absolute Gasteiger partial charge is 0.365 e. The van der Waals surface area contributed by atoms with Crippen molar-refractivity contribution < 1.29 is 0 Å². The third-order valence-corrected chi connectivity index (χ3v) is 6.25. The third kappa shape index (κ3) is 2.98. The predicted molar refractivity (Wildman–Crippen MR) is 115 cm³/mol. The molecule has 0 amide bonds. The van der Waals surface area contributed by atoms with Gasteiger partial charge in [0.25, 0.3) is 0 Å². The minimum Gasteiger partial charge on any atom is -0.365 e. The van der Waals surface area contributed by atoms with Gasteiger partial charge in [0.15, 0.2) is 5.65 Å². The lowest BCUT2D eigenvalue weighted by molar-refractivity contribution is 0.199. The number of hydrogen-bond acceptors (Lipinski definition) is 6. The first-order valence-corrected chi connectivity index (χ1v) is 10.2. The lowest BCUT2D eigenvalue weighted by Gasteiger charge is -2.39. The van der Waals surface area contributed by atoms with E-state index in [-0.39, 0.29) is 0 Å². The molecule has 7 nitrogen and oxygen atoms in total. The molecule has 29 heavy (non-hydrogen) atoms. The molecule has 5 heterocycles. The molecule has 4 aromatic rings. The first-order chi connectivity index (χ1) is 14.3. The van der Waals surface area contributed by atoms with E-state index in [2.05, 4.69) is 55.8 Å². The molecular weight excluding hydrogens is 362 g/mol. The van der Waals surface area contributed by atoms with Crippen molar-refractivity contribution in [2.24, 2.45) is 5.41 Å². The van der Waals surface area contributed by atoms with Gasteiger partial charge in [0.2, 0.25) is 0 Å². The Balaban J connectivity index is 1.21. The number of anilines is 2. The standard InChI is InChI=1S/C22H23N7/c1-2-16-5-7-24-18(16)9-15(1)10-26-19-11-25-17-3-4-20(28-21(17)27-19)29-8-6-22(14-29)12-23-13-22/h1-5,7,9,11,23-24H,6,8,10,12-14H2,(H,26,27,28). The fourth-order valence-corrected chi connectivity index (χ4v) is 4.44. The predicted octanol–water partition coefficient (Wildman–Crippen LogP) is 2.92. The van der Waals surface area contributed by atoms with E-state index in [4.69, 9.17) is 9.97 Å². The van der Waals surface area contributed by atoms with Gasteiger partial charge in [0.1, 0.15) is 17.2 Å². The van der Waals surface area contributed by atoms with Crippen molar-refractivity contribution in [1.29, 1.82) is 0 Å². The van der Waals surface area contributed by atoms with Gasteiger partial charge in [0, 0.05) is 49.9 Å². The van der Waals surface area contributed by atoms with Crippen LogP contribution in [0.15, 0.2) is 48.8 Å². The first-order valence-electron chi connectivity index (χ1n) is 10.2. The Morgan fingerprint density at radius 2 is 2.07 bits per heavy atom. The van der Waals surface area contributed by atoms with Crippen LogP contribution in [0, 0.1) is 5.41 Å². The van der Waals surface area contributed by atoms with Gasteiger partial charge in [-0.1, -0.05) is 12.1 Å². The van der Waals surface area contributed by atoms with Crippen LogP contribution < -0.4 is 15.5 Å². The van der Waals surface area contributed by atoms with Crippen LogP contribution in [0.5, 0.6) is 0 Å². The number of aromatic nitrogens is 4. The molecule has 0 aliphatic carbocycles. The highest BCUT2D eigenvalue weighted by molar-refractivity contribution is 5.80. The topological polar surface area (TPSA) is 81.8 Å². The molecule has 2 fully saturated rings. The Morgan fingerprint density at radius 1 is 1.10 bits per heavy atom. The summed E-state index contributed by atoms with van der Waals surface area (Å²) in [5.41, 5.74) is 4.31. The van der Waals surface area contributed by atoms with Crippen molar-refractivity contribution in [3.05, 3.63) is 54.4 Å². The fraction of sp³-hybridized carbons (Fsp3) is 0.318.